The highest BCUT2D eigenvalue weighted by atomic mass is 35.5. The van der Waals surface area contributed by atoms with Crippen LogP contribution in [-0.2, 0) is 14.8 Å². The van der Waals surface area contributed by atoms with Gasteiger partial charge in [-0.25, -0.2) is 12.7 Å². The molecule has 0 radical (unpaired) electrons. The van der Waals surface area contributed by atoms with Gasteiger partial charge < -0.3 is 10.1 Å². The van der Waals surface area contributed by atoms with Crippen LogP contribution in [0, 0.1) is 12.3 Å². The number of carbonyl (C=O) groups is 2. The molecular weight excluding hydrogens is 416 g/mol. The van der Waals surface area contributed by atoms with Crippen molar-refractivity contribution in [3.63, 3.8) is 0 Å². The van der Waals surface area contributed by atoms with Crippen LogP contribution in [0.4, 0.5) is 11.4 Å². The van der Waals surface area contributed by atoms with Crippen LogP contribution in [-0.4, -0.2) is 33.1 Å². The number of sulfonamides is 1. The molecule has 7 nitrogen and oxygen atoms in total. The summed E-state index contributed by atoms with van der Waals surface area (Å²) in [6, 6.07) is 9.49. The summed E-state index contributed by atoms with van der Waals surface area (Å²) in [5.74, 6) is -0.920. The molecule has 154 valence electrons. The van der Waals surface area contributed by atoms with Gasteiger partial charge in [0.2, 0.25) is 15.9 Å². The zero-order valence-corrected chi connectivity index (χ0v) is 18.0. The van der Waals surface area contributed by atoms with Crippen LogP contribution >= 0.6 is 11.6 Å². The van der Waals surface area contributed by atoms with E-state index in [1.807, 2.05) is 13.0 Å². The smallest absolute Gasteiger partial charge is 0.255 e. The van der Waals surface area contributed by atoms with Crippen molar-refractivity contribution in [1.29, 1.82) is 0 Å². The minimum absolute atomic E-state index is 0.0360. The topological polar surface area (TPSA) is 92.8 Å². The Bertz CT molecular complexity index is 1110. The van der Waals surface area contributed by atoms with Crippen molar-refractivity contribution in [1.82, 2.24) is 0 Å². The molecule has 1 fully saturated rings. The Morgan fingerprint density at radius 3 is 2.48 bits per heavy atom. The van der Waals surface area contributed by atoms with E-state index >= 15 is 0 Å². The normalized spacial score (nSPS) is 17.3. The lowest BCUT2D eigenvalue weighted by molar-refractivity contribution is -0.123. The highest BCUT2D eigenvalue weighted by Gasteiger charge is 2.50. The van der Waals surface area contributed by atoms with Gasteiger partial charge in [0.15, 0.2) is 0 Å². The summed E-state index contributed by atoms with van der Waals surface area (Å²) in [5, 5.41) is 2.80. The Labute approximate surface area is 174 Å². The van der Waals surface area contributed by atoms with E-state index in [0.29, 0.717) is 15.7 Å². The van der Waals surface area contributed by atoms with Crippen LogP contribution in [0.25, 0.3) is 0 Å². The average Bonchev–Trinajstić information content (AvgIpc) is 2.78. The van der Waals surface area contributed by atoms with Crippen LogP contribution in [0.5, 0.6) is 5.75 Å². The largest absolute Gasteiger partial charge is 0.495 e. The Morgan fingerprint density at radius 2 is 1.90 bits per heavy atom. The predicted octanol–water partition coefficient (Wildman–Crippen LogP) is 3.61. The lowest BCUT2D eigenvalue weighted by Gasteiger charge is -2.19. The zero-order valence-electron chi connectivity index (χ0n) is 16.4. The SMILES string of the molecule is COc1ccc(C)cc1NC(=O)c1ccc(Cl)c(N2C(=O)C(C)(C)CS2(=O)=O)c1. The molecule has 0 unspecified atom stereocenters. The molecule has 2 amide bonds. The monoisotopic (exact) mass is 436 g/mol. The van der Waals surface area contributed by atoms with Crippen molar-refractivity contribution in [2.45, 2.75) is 20.8 Å². The number of anilines is 2. The second-order valence-electron chi connectivity index (χ2n) is 7.53. The van der Waals surface area contributed by atoms with Crippen LogP contribution < -0.4 is 14.4 Å². The number of carbonyl (C=O) groups excluding carboxylic acids is 2. The molecular formula is C20H21ClN2O5S. The summed E-state index contributed by atoms with van der Waals surface area (Å²) in [6.45, 7) is 4.99. The Morgan fingerprint density at radius 1 is 1.21 bits per heavy atom. The fourth-order valence-electron chi connectivity index (χ4n) is 3.17. The van der Waals surface area contributed by atoms with Crippen molar-refractivity contribution < 1.29 is 22.7 Å². The molecule has 0 atom stereocenters. The predicted molar refractivity (Wildman–Crippen MR) is 112 cm³/mol. The number of nitrogens with one attached hydrogen (secondary N) is 1. The fourth-order valence-corrected chi connectivity index (χ4v) is 5.53. The maximum Gasteiger partial charge on any atom is 0.255 e. The van der Waals surface area contributed by atoms with Crippen molar-refractivity contribution in [3.8, 4) is 5.75 Å². The van der Waals surface area contributed by atoms with Crippen LogP contribution in [0.15, 0.2) is 36.4 Å². The van der Waals surface area contributed by atoms with E-state index in [0.717, 1.165) is 5.56 Å². The first-order valence-corrected chi connectivity index (χ1v) is 10.8. The molecule has 1 N–H and O–H groups in total. The van der Waals surface area contributed by atoms with Crippen molar-refractivity contribution >= 4 is 44.8 Å². The molecule has 0 aromatic heterocycles. The molecule has 0 aliphatic carbocycles. The highest BCUT2D eigenvalue weighted by Crippen LogP contribution is 2.39. The van der Waals surface area contributed by atoms with Gasteiger partial charge in [-0.1, -0.05) is 17.7 Å². The second kappa shape index (κ2) is 7.35. The first-order valence-electron chi connectivity index (χ1n) is 8.79. The van der Waals surface area contributed by atoms with Crippen molar-refractivity contribution in [2.75, 3.05) is 22.5 Å². The number of aryl methyl sites for hydroxylation is 1. The standard InChI is InChI=1S/C20H21ClN2O5S/c1-12-5-8-17(28-4)15(9-12)22-18(24)13-6-7-14(21)16(10-13)23-19(25)20(2,3)11-29(23,26)27/h5-10H,11H2,1-4H3,(H,22,24). The third-order valence-electron chi connectivity index (χ3n) is 4.62. The first-order chi connectivity index (χ1) is 13.5. The Kier molecular flexibility index (Phi) is 5.36. The highest BCUT2D eigenvalue weighted by molar-refractivity contribution is 7.94. The van der Waals surface area contributed by atoms with Gasteiger partial charge in [0.05, 0.1) is 34.7 Å². The number of benzene rings is 2. The molecule has 9 heteroatoms. The second-order valence-corrected chi connectivity index (χ2v) is 9.76. The summed E-state index contributed by atoms with van der Waals surface area (Å²) >= 11 is 6.19. The van der Waals surface area contributed by atoms with E-state index < -0.39 is 27.3 Å². The molecule has 0 bridgehead atoms. The van der Waals surface area contributed by atoms with Crippen molar-refractivity contribution in [3.05, 3.63) is 52.5 Å². The van der Waals surface area contributed by atoms with Gasteiger partial charge >= 0.3 is 0 Å². The molecule has 2 aromatic carbocycles. The minimum atomic E-state index is -3.89. The molecule has 29 heavy (non-hydrogen) atoms. The third kappa shape index (κ3) is 3.95. The van der Waals surface area contributed by atoms with Gasteiger partial charge in [-0.15, -0.1) is 0 Å². The molecule has 0 spiro atoms. The number of halogens is 1. The van der Waals surface area contributed by atoms with E-state index in [9.17, 15) is 18.0 Å². The fraction of sp³-hybridized carbons (Fsp3) is 0.300. The Hall–Kier alpha value is -2.58. The van der Waals surface area contributed by atoms with Crippen molar-refractivity contribution in [2.24, 2.45) is 5.41 Å². The molecule has 3 rings (SSSR count). The lowest BCUT2D eigenvalue weighted by atomic mass is 9.95. The quantitative estimate of drug-likeness (QED) is 0.790. The lowest BCUT2D eigenvalue weighted by Crippen LogP contribution is -2.33. The van der Waals surface area contributed by atoms with Gasteiger partial charge in [-0.05, 0) is 56.7 Å². The minimum Gasteiger partial charge on any atom is -0.495 e. The van der Waals surface area contributed by atoms with E-state index in [2.05, 4.69) is 5.32 Å². The Balaban J connectivity index is 1.99. The number of ether oxygens (including phenoxy) is 1. The van der Waals surface area contributed by atoms with Crippen LogP contribution in [0.3, 0.4) is 0 Å². The molecule has 1 heterocycles. The molecule has 1 aliphatic heterocycles. The summed E-state index contributed by atoms with van der Waals surface area (Å²) in [6.07, 6.45) is 0. The van der Waals surface area contributed by atoms with E-state index in [4.69, 9.17) is 16.3 Å². The van der Waals surface area contributed by atoms with Gasteiger partial charge in [0, 0.05) is 5.56 Å². The van der Waals surface area contributed by atoms with Gasteiger partial charge in [0.25, 0.3) is 5.91 Å². The third-order valence-corrected chi connectivity index (χ3v) is 6.94. The summed E-state index contributed by atoms with van der Waals surface area (Å²) in [4.78, 5) is 25.4. The molecule has 1 saturated heterocycles. The van der Waals surface area contributed by atoms with Crippen LogP contribution in [0.2, 0.25) is 5.02 Å². The van der Waals surface area contributed by atoms with Crippen LogP contribution in [0.1, 0.15) is 29.8 Å². The van der Waals surface area contributed by atoms with Gasteiger partial charge in [-0.3, -0.25) is 9.59 Å². The summed E-state index contributed by atoms with van der Waals surface area (Å²) in [5.41, 5.74) is 0.440. The number of hydrogen-bond acceptors (Lipinski definition) is 5. The molecule has 0 saturated carbocycles. The van der Waals surface area contributed by atoms with E-state index in [-0.39, 0.29) is 22.0 Å². The number of methoxy groups -OCH3 is 1. The summed E-state index contributed by atoms with van der Waals surface area (Å²) in [7, 11) is -2.40. The maximum atomic E-state index is 12.8. The summed E-state index contributed by atoms with van der Waals surface area (Å²) < 4.78 is 31.1. The first kappa shape index (κ1) is 21.1. The van der Waals surface area contributed by atoms with Gasteiger partial charge in [0.1, 0.15) is 5.75 Å². The maximum absolute atomic E-state index is 12.8. The van der Waals surface area contributed by atoms with Gasteiger partial charge in [-0.2, -0.15) is 0 Å². The number of rotatable bonds is 4. The van der Waals surface area contributed by atoms with E-state index in [1.54, 1.807) is 26.0 Å². The molecule has 2 aromatic rings. The number of nitrogens with zero attached hydrogens (tertiary/aromatic N) is 1. The molecule has 1 aliphatic rings. The number of hydrogen-bond donors (Lipinski definition) is 1. The van der Waals surface area contributed by atoms with E-state index in [1.165, 1.54) is 25.3 Å². The number of amides is 2. The average molecular weight is 437 g/mol. The zero-order chi connectivity index (χ0) is 21.6.